The molecule has 0 fully saturated rings. The maximum atomic E-state index is 11.3. The molecule has 0 aliphatic heterocycles. The molecule has 0 spiro atoms. The minimum absolute atomic E-state index is 0.121. The summed E-state index contributed by atoms with van der Waals surface area (Å²) < 4.78 is 17.4. The molecule has 36 heavy (non-hydrogen) atoms. The lowest BCUT2D eigenvalue weighted by Gasteiger charge is -2.12. The van der Waals surface area contributed by atoms with Gasteiger partial charge in [-0.15, -0.1) is 11.3 Å². The summed E-state index contributed by atoms with van der Waals surface area (Å²) in [5.41, 5.74) is 5.51. The Bertz CT molecular complexity index is 1350. The zero-order valence-electron chi connectivity index (χ0n) is 20.4. The average Bonchev–Trinajstić information content (AvgIpc) is 3.33. The summed E-state index contributed by atoms with van der Waals surface area (Å²) in [5.74, 6) is 0.949. The van der Waals surface area contributed by atoms with Crippen LogP contribution in [0.2, 0.25) is 0 Å². The van der Waals surface area contributed by atoms with Gasteiger partial charge in [-0.2, -0.15) is 0 Å². The van der Waals surface area contributed by atoms with Crippen molar-refractivity contribution in [3.05, 3.63) is 110 Å². The van der Waals surface area contributed by atoms with Crippen LogP contribution >= 0.6 is 33.9 Å². The van der Waals surface area contributed by atoms with E-state index in [9.17, 15) is 4.79 Å². The van der Waals surface area contributed by atoms with Crippen molar-refractivity contribution in [3.63, 3.8) is 0 Å². The molecule has 0 amide bonds. The van der Waals surface area contributed by atoms with Gasteiger partial charge in [0.1, 0.15) is 18.1 Å². The number of carbonyl (C=O) groups is 1. The molecule has 0 saturated carbocycles. The molecule has 4 rings (SSSR count). The van der Waals surface area contributed by atoms with Crippen molar-refractivity contribution in [1.29, 1.82) is 0 Å². The maximum Gasteiger partial charge on any atom is 0.343 e. The molecule has 6 heteroatoms. The number of methoxy groups -OCH3 is 1. The predicted molar refractivity (Wildman–Crippen MR) is 155 cm³/mol. The number of rotatable bonds is 9. The van der Waals surface area contributed by atoms with Crippen LogP contribution in [0, 0.1) is 17.4 Å². The Labute approximate surface area is 229 Å². The number of ether oxygens (including phenoxy) is 3. The molecule has 0 N–H and O–H groups in total. The first-order valence-corrected chi connectivity index (χ1v) is 13.4. The van der Waals surface area contributed by atoms with Gasteiger partial charge in [-0.05, 0) is 113 Å². The number of benzene rings is 3. The van der Waals surface area contributed by atoms with Crippen LogP contribution in [-0.4, -0.2) is 26.3 Å². The maximum absolute atomic E-state index is 11.3. The van der Waals surface area contributed by atoms with Gasteiger partial charge in [-0.3, -0.25) is 0 Å². The highest BCUT2D eigenvalue weighted by Gasteiger charge is 2.09. The number of hydrogen-bond donors (Lipinski definition) is 0. The smallest absolute Gasteiger partial charge is 0.343 e. The molecule has 4 aromatic rings. The first-order valence-electron chi connectivity index (χ1n) is 11.5. The molecule has 4 nitrogen and oxygen atoms in total. The van der Waals surface area contributed by atoms with E-state index in [2.05, 4.69) is 101 Å². The van der Waals surface area contributed by atoms with E-state index in [1.807, 2.05) is 25.1 Å². The number of hydrogen-bond acceptors (Lipinski definition) is 5. The van der Waals surface area contributed by atoms with Crippen molar-refractivity contribution in [2.24, 2.45) is 0 Å². The predicted octanol–water partition coefficient (Wildman–Crippen LogP) is 7.70. The van der Waals surface area contributed by atoms with Gasteiger partial charge < -0.3 is 14.2 Å². The molecule has 184 valence electrons. The Morgan fingerprint density at radius 1 is 0.889 bits per heavy atom. The normalized spacial score (nSPS) is 11.3. The van der Waals surface area contributed by atoms with Crippen molar-refractivity contribution in [2.75, 3.05) is 20.3 Å². The van der Waals surface area contributed by atoms with E-state index in [-0.39, 0.29) is 6.61 Å². The van der Waals surface area contributed by atoms with Gasteiger partial charge in [0.05, 0.1) is 7.11 Å². The van der Waals surface area contributed by atoms with Crippen molar-refractivity contribution in [2.45, 2.75) is 13.8 Å². The minimum atomic E-state index is -0.415. The van der Waals surface area contributed by atoms with Gasteiger partial charge in [-0.1, -0.05) is 36.4 Å². The Balaban J connectivity index is 1.52. The second-order valence-electron chi connectivity index (χ2n) is 8.22. The van der Waals surface area contributed by atoms with Crippen LogP contribution in [0.1, 0.15) is 21.6 Å². The molecule has 3 aromatic carbocycles. The van der Waals surface area contributed by atoms with Crippen molar-refractivity contribution < 1.29 is 19.0 Å². The topological polar surface area (TPSA) is 44.8 Å². The van der Waals surface area contributed by atoms with E-state index in [1.165, 1.54) is 26.0 Å². The summed E-state index contributed by atoms with van der Waals surface area (Å²) in [6, 6.07) is 27.1. The van der Waals surface area contributed by atoms with E-state index in [0.29, 0.717) is 12.4 Å². The van der Waals surface area contributed by atoms with E-state index in [0.717, 1.165) is 28.0 Å². The third kappa shape index (κ3) is 6.77. The Morgan fingerprint density at radius 3 is 2.19 bits per heavy atom. The van der Waals surface area contributed by atoms with E-state index in [1.54, 1.807) is 11.3 Å². The number of thiophene rings is 1. The fourth-order valence-electron chi connectivity index (χ4n) is 3.73. The number of carbonyl (C=O) groups excluding carboxylic acids is 1. The second kappa shape index (κ2) is 12.2. The average molecular weight is 611 g/mol. The first-order chi connectivity index (χ1) is 17.4. The van der Waals surface area contributed by atoms with E-state index < -0.39 is 5.97 Å². The lowest BCUT2D eigenvalue weighted by atomic mass is 9.96. The van der Waals surface area contributed by atoms with Crippen LogP contribution in [0.15, 0.2) is 84.9 Å². The Hall–Kier alpha value is -3.10. The van der Waals surface area contributed by atoms with Crippen LogP contribution in [0.3, 0.4) is 0 Å². The summed E-state index contributed by atoms with van der Waals surface area (Å²) in [7, 11) is 1.34. The van der Waals surface area contributed by atoms with Gasteiger partial charge in [-0.25, -0.2) is 4.79 Å². The summed E-state index contributed by atoms with van der Waals surface area (Å²) in [6.45, 7) is 4.34. The summed E-state index contributed by atoms with van der Waals surface area (Å²) in [4.78, 5) is 13.9. The quantitative estimate of drug-likeness (QED) is 0.144. The van der Waals surface area contributed by atoms with Gasteiger partial charge >= 0.3 is 5.97 Å². The lowest BCUT2D eigenvalue weighted by Crippen LogP contribution is -2.13. The number of halogens is 1. The molecular formula is C30H27IO4S. The first kappa shape index (κ1) is 26.0. The zero-order chi connectivity index (χ0) is 25.5. The molecule has 0 aliphatic rings. The molecule has 0 saturated heterocycles. The molecular weight excluding hydrogens is 583 g/mol. The van der Waals surface area contributed by atoms with Gasteiger partial charge in [0, 0.05) is 13.3 Å². The Morgan fingerprint density at radius 2 is 1.58 bits per heavy atom. The monoisotopic (exact) mass is 610 g/mol. The molecule has 0 aliphatic carbocycles. The van der Waals surface area contributed by atoms with Crippen LogP contribution < -0.4 is 9.47 Å². The summed E-state index contributed by atoms with van der Waals surface area (Å²) in [5, 5.41) is 0. The highest BCUT2D eigenvalue weighted by molar-refractivity contribution is 14.1. The number of aryl methyl sites for hydroxylation is 2. The third-order valence-corrected chi connectivity index (χ3v) is 7.40. The standard InChI is InChI=1S/C30H27IO4S/c1-20-18-26(13-14-28(20)35-19-30(32)33-3)34-17-16-27(23-9-11-25(31)12-10-23)22-5-7-24(8-6-22)29-15-4-21(2)36-29/h4-16,18H,17,19H2,1-3H3/b27-16-. The minimum Gasteiger partial charge on any atom is -0.489 e. The van der Waals surface area contributed by atoms with Crippen molar-refractivity contribution >= 4 is 45.5 Å². The molecule has 0 atom stereocenters. The second-order valence-corrected chi connectivity index (χ2v) is 10.7. The molecule has 0 unspecified atom stereocenters. The van der Waals surface area contributed by atoms with E-state index in [4.69, 9.17) is 9.47 Å². The van der Waals surface area contributed by atoms with Gasteiger partial charge in [0.25, 0.3) is 0 Å². The largest absolute Gasteiger partial charge is 0.489 e. The van der Waals surface area contributed by atoms with Crippen molar-refractivity contribution in [1.82, 2.24) is 0 Å². The van der Waals surface area contributed by atoms with Crippen LogP contribution in [0.5, 0.6) is 11.5 Å². The van der Waals surface area contributed by atoms with Crippen LogP contribution in [0.25, 0.3) is 16.0 Å². The molecule has 1 heterocycles. The fourth-order valence-corrected chi connectivity index (χ4v) is 4.96. The van der Waals surface area contributed by atoms with E-state index >= 15 is 0 Å². The van der Waals surface area contributed by atoms with Gasteiger partial charge in [0.2, 0.25) is 0 Å². The highest BCUT2D eigenvalue weighted by Crippen LogP contribution is 2.31. The van der Waals surface area contributed by atoms with Crippen molar-refractivity contribution in [3.8, 4) is 21.9 Å². The van der Waals surface area contributed by atoms with Crippen LogP contribution in [0.4, 0.5) is 0 Å². The zero-order valence-corrected chi connectivity index (χ0v) is 23.4. The SMILES string of the molecule is COC(=O)COc1ccc(OC/C=C(\c2ccc(I)cc2)c2ccc(-c3ccc(C)s3)cc2)cc1C. The third-order valence-electron chi connectivity index (χ3n) is 5.63. The Kier molecular flexibility index (Phi) is 8.83. The molecule has 0 bridgehead atoms. The summed E-state index contributed by atoms with van der Waals surface area (Å²) >= 11 is 4.13. The molecule has 1 aromatic heterocycles. The fraction of sp³-hybridized carbons (Fsp3) is 0.167. The number of esters is 1. The summed E-state index contributed by atoms with van der Waals surface area (Å²) in [6.07, 6.45) is 2.11. The molecule has 0 radical (unpaired) electrons. The highest BCUT2D eigenvalue weighted by atomic mass is 127. The van der Waals surface area contributed by atoms with Crippen LogP contribution in [-0.2, 0) is 9.53 Å². The van der Waals surface area contributed by atoms with Gasteiger partial charge in [0.15, 0.2) is 6.61 Å². The lowest BCUT2D eigenvalue weighted by molar-refractivity contribution is -0.142.